The number of halogens is 1. The Bertz CT molecular complexity index is 919. The number of carbonyl (C=O) groups excluding carboxylic acids is 1. The lowest BCUT2D eigenvalue weighted by Crippen LogP contribution is -2.15. The summed E-state index contributed by atoms with van der Waals surface area (Å²) in [5, 5.41) is 7.60. The van der Waals surface area contributed by atoms with Crippen LogP contribution >= 0.6 is 11.6 Å². The molecule has 0 aliphatic heterocycles. The number of nitrogens with zero attached hydrogens (tertiary/aromatic N) is 4. The largest absolute Gasteiger partial charge is 0.318 e. The van der Waals surface area contributed by atoms with E-state index in [0.717, 1.165) is 11.4 Å². The second-order valence-electron chi connectivity index (χ2n) is 5.39. The van der Waals surface area contributed by atoms with Crippen LogP contribution in [0.2, 0.25) is 5.02 Å². The van der Waals surface area contributed by atoms with Crippen LogP contribution in [-0.2, 0) is 0 Å². The van der Waals surface area contributed by atoms with Gasteiger partial charge in [-0.15, -0.1) is 5.10 Å². The molecule has 2 heterocycles. The topological polar surface area (TPSA) is 72.7 Å². The van der Waals surface area contributed by atoms with Gasteiger partial charge in [-0.05, 0) is 45.0 Å². The number of hydrogen-bond donors (Lipinski definition) is 1. The van der Waals surface area contributed by atoms with Crippen molar-refractivity contribution < 1.29 is 4.79 Å². The molecule has 0 aliphatic carbocycles. The monoisotopic (exact) mass is 341 g/mol. The molecule has 3 rings (SSSR count). The summed E-state index contributed by atoms with van der Waals surface area (Å²) in [4.78, 5) is 21.0. The molecular weight excluding hydrogens is 326 g/mol. The van der Waals surface area contributed by atoms with Gasteiger partial charge >= 0.3 is 0 Å². The Morgan fingerprint density at radius 2 is 1.83 bits per heavy atom. The van der Waals surface area contributed by atoms with Gasteiger partial charge in [0.15, 0.2) is 0 Å². The highest BCUT2D eigenvalue weighted by molar-refractivity contribution is 6.32. The summed E-state index contributed by atoms with van der Waals surface area (Å²) < 4.78 is 1.55. The Balaban J connectivity index is 1.89. The van der Waals surface area contributed by atoms with Gasteiger partial charge in [0.25, 0.3) is 5.91 Å². The molecular formula is C17H16ClN5O. The van der Waals surface area contributed by atoms with Gasteiger partial charge in [0.2, 0.25) is 5.82 Å². The van der Waals surface area contributed by atoms with Crippen LogP contribution in [-0.4, -0.2) is 25.7 Å². The van der Waals surface area contributed by atoms with E-state index in [1.165, 1.54) is 0 Å². The van der Waals surface area contributed by atoms with Gasteiger partial charge in [0.1, 0.15) is 5.82 Å². The van der Waals surface area contributed by atoms with E-state index in [9.17, 15) is 4.79 Å². The third-order valence-corrected chi connectivity index (χ3v) is 3.85. The number of nitrogens with one attached hydrogen (secondary N) is 1. The zero-order chi connectivity index (χ0) is 17.3. The highest BCUT2D eigenvalue weighted by atomic mass is 35.5. The molecule has 0 atom stereocenters. The molecule has 2 aromatic heterocycles. The maximum absolute atomic E-state index is 12.4. The van der Waals surface area contributed by atoms with E-state index >= 15 is 0 Å². The Morgan fingerprint density at radius 3 is 2.54 bits per heavy atom. The van der Waals surface area contributed by atoms with Crippen molar-refractivity contribution in [2.45, 2.75) is 20.8 Å². The van der Waals surface area contributed by atoms with E-state index in [1.54, 1.807) is 17.7 Å². The fourth-order valence-corrected chi connectivity index (χ4v) is 2.55. The Hall–Kier alpha value is -2.73. The number of rotatable bonds is 3. The zero-order valence-electron chi connectivity index (χ0n) is 13.5. The lowest BCUT2D eigenvalue weighted by Gasteiger charge is -2.06. The summed E-state index contributed by atoms with van der Waals surface area (Å²) in [5.41, 5.74) is 2.95. The maximum atomic E-state index is 12.4. The predicted octanol–water partition coefficient (Wildman–Crippen LogP) is 3.49. The molecule has 0 fully saturated rings. The van der Waals surface area contributed by atoms with Crippen LogP contribution < -0.4 is 5.32 Å². The molecule has 24 heavy (non-hydrogen) atoms. The van der Waals surface area contributed by atoms with Crippen molar-refractivity contribution in [1.29, 1.82) is 0 Å². The summed E-state index contributed by atoms with van der Waals surface area (Å²) in [6.07, 6.45) is 0. The van der Waals surface area contributed by atoms with Crippen LogP contribution in [0.25, 0.3) is 5.69 Å². The highest BCUT2D eigenvalue weighted by Crippen LogP contribution is 2.20. The van der Waals surface area contributed by atoms with E-state index < -0.39 is 5.91 Å². The smallest absolute Gasteiger partial charge is 0.295 e. The molecule has 1 N–H and O–H groups in total. The van der Waals surface area contributed by atoms with Crippen LogP contribution in [0.4, 0.5) is 5.69 Å². The van der Waals surface area contributed by atoms with Crippen molar-refractivity contribution in [3.05, 3.63) is 64.5 Å². The average molecular weight is 342 g/mol. The Morgan fingerprint density at radius 1 is 1.08 bits per heavy atom. The third-order valence-electron chi connectivity index (χ3n) is 3.53. The molecule has 0 bridgehead atoms. The molecule has 122 valence electrons. The van der Waals surface area contributed by atoms with Crippen molar-refractivity contribution in [3.8, 4) is 5.69 Å². The first-order chi connectivity index (χ1) is 11.5. The lowest BCUT2D eigenvalue weighted by molar-refractivity contribution is 0.101. The molecule has 3 aromatic rings. The van der Waals surface area contributed by atoms with Gasteiger partial charge in [-0.1, -0.05) is 23.7 Å². The third kappa shape index (κ3) is 3.14. The van der Waals surface area contributed by atoms with E-state index in [1.807, 2.05) is 44.2 Å². The minimum absolute atomic E-state index is 0.0763. The van der Waals surface area contributed by atoms with Crippen LogP contribution in [0.1, 0.15) is 27.8 Å². The lowest BCUT2D eigenvalue weighted by atomic mass is 10.2. The number of hydrogen-bond acceptors (Lipinski definition) is 4. The molecule has 0 aliphatic rings. The average Bonchev–Trinajstić information content (AvgIpc) is 2.92. The molecule has 0 spiro atoms. The predicted molar refractivity (Wildman–Crippen MR) is 92.8 cm³/mol. The number of para-hydroxylation sites is 1. The van der Waals surface area contributed by atoms with Crippen molar-refractivity contribution in [2.75, 3.05) is 5.32 Å². The molecule has 0 unspecified atom stereocenters. The van der Waals surface area contributed by atoms with Crippen LogP contribution in [0.15, 0.2) is 36.4 Å². The van der Waals surface area contributed by atoms with Gasteiger partial charge in [0.05, 0.1) is 22.1 Å². The van der Waals surface area contributed by atoms with E-state index in [4.69, 9.17) is 11.6 Å². The van der Waals surface area contributed by atoms with Crippen molar-refractivity contribution in [2.24, 2.45) is 0 Å². The molecule has 7 heteroatoms. The first-order valence-electron chi connectivity index (χ1n) is 7.40. The fraction of sp³-hybridized carbons (Fsp3) is 0.176. The summed E-state index contributed by atoms with van der Waals surface area (Å²) in [5.74, 6) is 0.261. The first-order valence-corrected chi connectivity index (χ1v) is 7.77. The molecule has 1 aromatic carbocycles. The van der Waals surface area contributed by atoms with Crippen LogP contribution in [0, 0.1) is 20.8 Å². The van der Waals surface area contributed by atoms with E-state index in [0.29, 0.717) is 22.2 Å². The van der Waals surface area contributed by atoms with Crippen LogP contribution in [0.3, 0.4) is 0 Å². The summed E-state index contributed by atoms with van der Waals surface area (Å²) >= 11 is 6.19. The minimum atomic E-state index is -0.391. The number of carbonyl (C=O) groups is 1. The van der Waals surface area contributed by atoms with Gasteiger partial charge < -0.3 is 5.32 Å². The fourth-order valence-electron chi connectivity index (χ4n) is 2.33. The normalized spacial score (nSPS) is 10.7. The second-order valence-corrected chi connectivity index (χ2v) is 5.79. The second kappa shape index (κ2) is 6.41. The minimum Gasteiger partial charge on any atom is -0.318 e. The number of aryl methyl sites for hydroxylation is 3. The number of aromatic nitrogens is 4. The van der Waals surface area contributed by atoms with Gasteiger partial charge in [0, 0.05) is 5.69 Å². The Kier molecular flexibility index (Phi) is 4.31. The van der Waals surface area contributed by atoms with Crippen LogP contribution in [0.5, 0.6) is 0 Å². The van der Waals surface area contributed by atoms with Crippen molar-refractivity contribution >= 4 is 23.2 Å². The van der Waals surface area contributed by atoms with Gasteiger partial charge in [-0.25, -0.2) is 9.67 Å². The van der Waals surface area contributed by atoms with E-state index in [2.05, 4.69) is 20.4 Å². The van der Waals surface area contributed by atoms with Gasteiger partial charge in [-0.3, -0.25) is 9.78 Å². The van der Waals surface area contributed by atoms with Crippen molar-refractivity contribution in [1.82, 2.24) is 19.7 Å². The molecule has 0 saturated heterocycles. The SMILES string of the molecule is Cc1ccc(NC(=O)c2nc(C)n(-c3ccccc3Cl)n2)c(C)n1. The van der Waals surface area contributed by atoms with Gasteiger partial charge in [-0.2, -0.15) is 0 Å². The number of amides is 1. The Labute approximate surface area is 144 Å². The highest BCUT2D eigenvalue weighted by Gasteiger charge is 2.17. The summed E-state index contributed by atoms with van der Waals surface area (Å²) in [6.45, 7) is 5.50. The molecule has 0 saturated carbocycles. The number of pyridine rings is 1. The van der Waals surface area contributed by atoms with E-state index in [-0.39, 0.29) is 5.82 Å². The molecule has 6 nitrogen and oxygen atoms in total. The molecule has 1 amide bonds. The number of anilines is 1. The van der Waals surface area contributed by atoms with Crippen molar-refractivity contribution in [3.63, 3.8) is 0 Å². The summed E-state index contributed by atoms with van der Waals surface area (Å²) in [7, 11) is 0. The first kappa shape index (κ1) is 16.1. The summed E-state index contributed by atoms with van der Waals surface area (Å²) in [6, 6.07) is 10.9. The maximum Gasteiger partial charge on any atom is 0.295 e. The zero-order valence-corrected chi connectivity index (χ0v) is 14.3. The molecule has 0 radical (unpaired) electrons. The number of benzene rings is 1. The quantitative estimate of drug-likeness (QED) is 0.791. The standard InChI is InChI=1S/C17H16ClN5O/c1-10-8-9-14(11(2)19-10)21-17(24)16-20-12(3)23(22-16)15-7-5-4-6-13(15)18/h4-9H,1-3H3,(H,21,24).